The number of ether oxygens (including phenoxy) is 1. The second-order valence-electron chi connectivity index (χ2n) is 2.45. The van der Waals surface area contributed by atoms with Crippen LogP contribution in [-0.2, 0) is 9.53 Å². The van der Waals surface area contributed by atoms with Crippen molar-refractivity contribution in [2.24, 2.45) is 0 Å². The fourth-order valence-corrected chi connectivity index (χ4v) is 0.988. The van der Waals surface area contributed by atoms with E-state index in [9.17, 15) is 9.18 Å². The average molecular weight is 164 g/mol. The molecule has 0 spiro atoms. The molecule has 0 saturated carbocycles. The molecule has 1 rings (SSSR count). The second kappa shape index (κ2) is 3.15. The first-order valence-corrected chi connectivity index (χ1v) is 3.26. The molecule has 4 nitrogen and oxygen atoms in total. The van der Waals surface area contributed by atoms with Crippen LogP contribution in [0, 0.1) is 0 Å². The lowest BCUT2D eigenvalue weighted by atomic mass is 10.1. The molecule has 64 valence electrons. The summed E-state index contributed by atoms with van der Waals surface area (Å²) in [4.78, 5) is 10.5. The van der Waals surface area contributed by atoms with Crippen LogP contribution in [0.15, 0.2) is 0 Å². The molecular weight excluding hydrogens is 155 g/mol. The maximum absolute atomic E-state index is 11.8. The maximum Gasteiger partial charge on any atom is 0.309 e. The Morgan fingerprint density at radius 2 is 2.45 bits per heavy atom. The molecule has 11 heavy (non-hydrogen) atoms. The van der Waals surface area contributed by atoms with Crippen LogP contribution in [0.2, 0.25) is 0 Å². The van der Waals surface area contributed by atoms with Crippen LogP contribution in [0.1, 0.15) is 6.42 Å². The van der Waals surface area contributed by atoms with Crippen LogP contribution in [-0.4, -0.2) is 41.2 Å². The zero-order valence-electron chi connectivity index (χ0n) is 5.74. The van der Waals surface area contributed by atoms with E-state index in [1.807, 2.05) is 0 Å². The Kier molecular flexibility index (Phi) is 2.41. The number of hydrogen-bond donors (Lipinski definition) is 2. The molecule has 5 heteroatoms. The highest BCUT2D eigenvalue weighted by Crippen LogP contribution is 2.18. The summed E-state index contributed by atoms with van der Waals surface area (Å²) in [5.74, 6) is -0.602. The Bertz CT molecular complexity index is 161. The predicted octanol–water partition coefficient (Wildman–Crippen LogP) is -1.01. The summed E-state index contributed by atoms with van der Waals surface area (Å²) in [6.07, 6.45) is -3.74. The van der Waals surface area contributed by atoms with E-state index in [1.54, 1.807) is 0 Å². The number of esters is 1. The van der Waals surface area contributed by atoms with Crippen LogP contribution in [0.5, 0.6) is 0 Å². The molecule has 0 aromatic rings. The molecule has 0 bridgehead atoms. The summed E-state index contributed by atoms with van der Waals surface area (Å²) < 4.78 is 16.2. The molecule has 1 saturated heterocycles. The van der Waals surface area contributed by atoms with Crippen molar-refractivity contribution in [3.63, 3.8) is 0 Å². The lowest BCUT2D eigenvalue weighted by Gasteiger charge is -2.16. The normalized spacial score (nSPS) is 33.5. The molecule has 1 aliphatic rings. The molecule has 1 aliphatic heterocycles. The van der Waals surface area contributed by atoms with Crippen molar-refractivity contribution in [1.29, 1.82) is 0 Å². The van der Waals surface area contributed by atoms with E-state index in [-0.39, 0.29) is 6.42 Å². The van der Waals surface area contributed by atoms with Gasteiger partial charge in [0.2, 0.25) is 0 Å². The first kappa shape index (κ1) is 8.42. The van der Waals surface area contributed by atoms with Gasteiger partial charge in [0.1, 0.15) is 18.9 Å². The van der Waals surface area contributed by atoms with Crippen LogP contribution in [0.3, 0.4) is 0 Å². The minimum atomic E-state index is -1.41. The van der Waals surface area contributed by atoms with Crippen molar-refractivity contribution in [2.75, 3.05) is 6.67 Å². The van der Waals surface area contributed by atoms with Gasteiger partial charge < -0.3 is 14.9 Å². The summed E-state index contributed by atoms with van der Waals surface area (Å²) in [6, 6.07) is 0. The Balaban J connectivity index is 2.52. The smallest absolute Gasteiger partial charge is 0.309 e. The maximum atomic E-state index is 11.8. The summed E-state index contributed by atoms with van der Waals surface area (Å²) >= 11 is 0. The van der Waals surface area contributed by atoms with Gasteiger partial charge in [-0.2, -0.15) is 0 Å². The fourth-order valence-electron chi connectivity index (χ4n) is 0.988. The van der Waals surface area contributed by atoms with Crippen molar-refractivity contribution in [3.05, 3.63) is 0 Å². The number of cyclic esters (lactones) is 1. The van der Waals surface area contributed by atoms with Gasteiger partial charge in [-0.25, -0.2) is 4.39 Å². The molecule has 0 radical (unpaired) electrons. The summed E-state index contributed by atoms with van der Waals surface area (Å²) in [6.45, 7) is -1.02. The number of aliphatic hydroxyl groups is 2. The largest absolute Gasteiger partial charge is 0.457 e. The molecular formula is C6H9FO4. The average Bonchev–Trinajstić information content (AvgIpc) is 2.28. The molecule has 1 fully saturated rings. The molecule has 0 aliphatic carbocycles. The minimum absolute atomic E-state index is 0.165. The van der Waals surface area contributed by atoms with Gasteiger partial charge >= 0.3 is 5.97 Å². The van der Waals surface area contributed by atoms with Crippen LogP contribution in [0.4, 0.5) is 4.39 Å². The number of hydrogen-bond acceptors (Lipinski definition) is 4. The number of rotatable bonds is 2. The van der Waals surface area contributed by atoms with Crippen molar-refractivity contribution in [2.45, 2.75) is 24.7 Å². The Morgan fingerprint density at radius 1 is 1.82 bits per heavy atom. The number of carbonyl (C=O) groups excluding carboxylic acids is 1. The Labute approximate surface area is 62.6 Å². The first-order valence-electron chi connectivity index (χ1n) is 3.26. The lowest BCUT2D eigenvalue weighted by Crippen LogP contribution is -2.35. The summed E-state index contributed by atoms with van der Waals surface area (Å²) in [5.41, 5.74) is 0. The molecule has 3 atom stereocenters. The van der Waals surface area contributed by atoms with E-state index in [0.29, 0.717) is 0 Å². The van der Waals surface area contributed by atoms with Crippen molar-refractivity contribution in [3.8, 4) is 0 Å². The lowest BCUT2D eigenvalue weighted by molar-refractivity contribution is -0.147. The minimum Gasteiger partial charge on any atom is -0.457 e. The van der Waals surface area contributed by atoms with Gasteiger partial charge in [-0.1, -0.05) is 0 Å². The van der Waals surface area contributed by atoms with Crippen LogP contribution in [0.25, 0.3) is 0 Å². The third kappa shape index (κ3) is 1.66. The number of alkyl halides is 1. The molecule has 1 heterocycles. The third-order valence-corrected chi connectivity index (χ3v) is 1.56. The molecule has 0 aromatic carbocycles. The Morgan fingerprint density at radius 3 is 2.82 bits per heavy atom. The number of carbonyl (C=O) groups is 1. The van der Waals surface area contributed by atoms with Crippen molar-refractivity contribution in [1.82, 2.24) is 0 Å². The SMILES string of the molecule is O=C1C[C@@H](O)[C@@H]([C@@H](O)CF)O1. The van der Waals surface area contributed by atoms with E-state index < -0.39 is 31.0 Å². The number of aliphatic hydroxyl groups excluding tert-OH is 2. The van der Waals surface area contributed by atoms with Gasteiger partial charge in [0.25, 0.3) is 0 Å². The van der Waals surface area contributed by atoms with Crippen LogP contribution >= 0.6 is 0 Å². The van der Waals surface area contributed by atoms with Crippen LogP contribution < -0.4 is 0 Å². The first-order chi connectivity index (χ1) is 5.15. The van der Waals surface area contributed by atoms with Gasteiger partial charge in [-0.05, 0) is 0 Å². The monoisotopic (exact) mass is 164 g/mol. The summed E-state index contributed by atoms with van der Waals surface area (Å²) in [5, 5.41) is 17.8. The second-order valence-corrected chi connectivity index (χ2v) is 2.45. The van der Waals surface area contributed by atoms with Crippen molar-refractivity contribution < 1.29 is 24.1 Å². The molecule has 0 amide bonds. The zero-order chi connectivity index (χ0) is 8.43. The van der Waals surface area contributed by atoms with E-state index in [1.165, 1.54) is 0 Å². The third-order valence-electron chi connectivity index (χ3n) is 1.56. The van der Waals surface area contributed by atoms with Gasteiger partial charge in [-0.15, -0.1) is 0 Å². The van der Waals surface area contributed by atoms with Gasteiger partial charge in [0.15, 0.2) is 6.10 Å². The molecule has 2 N–H and O–H groups in total. The quantitative estimate of drug-likeness (QED) is 0.513. The van der Waals surface area contributed by atoms with E-state index in [4.69, 9.17) is 10.2 Å². The summed E-state index contributed by atoms with van der Waals surface area (Å²) in [7, 11) is 0. The fraction of sp³-hybridized carbons (Fsp3) is 0.833. The standard InChI is InChI=1S/C6H9FO4/c7-2-4(9)6-3(8)1-5(10)11-6/h3-4,6,8-9H,1-2H2/t3-,4+,6+/m1/s1. The van der Waals surface area contributed by atoms with Gasteiger partial charge in [0, 0.05) is 0 Å². The van der Waals surface area contributed by atoms with Gasteiger partial charge in [-0.3, -0.25) is 4.79 Å². The molecule has 0 unspecified atom stereocenters. The van der Waals surface area contributed by atoms with E-state index in [2.05, 4.69) is 4.74 Å². The highest BCUT2D eigenvalue weighted by molar-refractivity contribution is 5.72. The van der Waals surface area contributed by atoms with Gasteiger partial charge in [0.05, 0.1) is 6.42 Å². The van der Waals surface area contributed by atoms with E-state index in [0.717, 1.165) is 0 Å². The predicted molar refractivity (Wildman–Crippen MR) is 32.5 cm³/mol. The highest BCUT2D eigenvalue weighted by Gasteiger charge is 2.38. The topological polar surface area (TPSA) is 66.8 Å². The number of halogens is 1. The molecule has 0 aromatic heterocycles. The van der Waals surface area contributed by atoms with E-state index >= 15 is 0 Å². The zero-order valence-corrected chi connectivity index (χ0v) is 5.74. The Hall–Kier alpha value is -0.680. The van der Waals surface area contributed by atoms with Crippen molar-refractivity contribution >= 4 is 5.97 Å². The highest BCUT2D eigenvalue weighted by atomic mass is 19.1.